The van der Waals surface area contributed by atoms with Crippen molar-refractivity contribution in [2.24, 2.45) is 5.92 Å². The van der Waals surface area contributed by atoms with Crippen molar-refractivity contribution in [2.75, 3.05) is 26.2 Å². The zero-order chi connectivity index (χ0) is 14.4. The Bertz CT molecular complexity index is 302. The maximum atomic E-state index is 12.3. The minimum atomic E-state index is 0.0255. The van der Waals surface area contributed by atoms with Crippen LogP contribution in [0.5, 0.6) is 0 Å². The summed E-state index contributed by atoms with van der Waals surface area (Å²) in [5, 5.41) is 6.56. The Labute approximate surface area is 123 Å². The summed E-state index contributed by atoms with van der Waals surface area (Å²) in [5.41, 5.74) is 0. The van der Waals surface area contributed by atoms with Crippen molar-refractivity contribution in [3.05, 3.63) is 0 Å². The van der Waals surface area contributed by atoms with Gasteiger partial charge in [0.25, 0.3) is 0 Å². The molecule has 116 valence electrons. The van der Waals surface area contributed by atoms with E-state index in [1.165, 1.54) is 45.2 Å². The van der Waals surface area contributed by atoms with Gasteiger partial charge in [-0.25, -0.2) is 0 Å². The van der Waals surface area contributed by atoms with Gasteiger partial charge in [-0.05, 0) is 58.2 Å². The second kappa shape index (κ2) is 7.99. The van der Waals surface area contributed by atoms with Crippen molar-refractivity contribution in [2.45, 2.75) is 64.5 Å². The van der Waals surface area contributed by atoms with Gasteiger partial charge in [0.2, 0.25) is 5.91 Å². The molecule has 0 aromatic carbocycles. The molecule has 4 heteroatoms. The minimum Gasteiger partial charge on any atom is -0.351 e. The molecule has 2 aliphatic rings. The number of amides is 1. The number of piperidine rings is 2. The monoisotopic (exact) mass is 281 g/mol. The second-order valence-electron chi connectivity index (χ2n) is 6.58. The van der Waals surface area contributed by atoms with Crippen molar-refractivity contribution < 1.29 is 4.79 Å². The molecule has 4 nitrogen and oxygen atoms in total. The van der Waals surface area contributed by atoms with Crippen LogP contribution < -0.4 is 10.6 Å². The third kappa shape index (κ3) is 4.74. The first-order chi connectivity index (χ1) is 9.69. The molecule has 0 aromatic heterocycles. The molecule has 1 amide bonds. The van der Waals surface area contributed by atoms with Crippen LogP contribution in [-0.2, 0) is 4.79 Å². The summed E-state index contributed by atoms with van der Waals surface area (Å²) < 4.78 is 0. The van der Waals surface area contributed by atoms with Gasteiger partial charge in [0, 0.05) is 12.6 Å². The molecule has 3 atom stereocenters. The van der Waals surface area contributed by atoms with Gasteiger partial charge in [-0.3, -0.25) is 4.79 Å². The maximum absolute atomic E-state index is 12.3. The van der Waals surface area contributed by atoms with Crippen LogP contribution in [0, 0.1) is 5.92 Å². The van der Waals surface area contributed by atoms with Crippen LogP contribution in [0.3, 0.4) is 0 Å². The van der Waals surface area contributed by atoms with Gasteiger partial charge < -0.3 is 15.5 Å². The third-order valence-corrected chi connectivity index (χ3v) is 4.78. The highest BCUT2D eigenvalue weighted by molar-refractivity contribution is 5.82. The first-order valence-corrected chi connectivity index (χ1v) is 8.45. The summed E-state index contributed by atoms with van der Waals surface area (Å²) in [6.07, 6.45) is 7.38. The number of hydrogen-bond donors (Lipinski definition) is 2. The fraction of sp³-hybridized carbons (Fsp3) is 0.938. The summed E-state index contributed by atoms with van der Waals surface area (Å²) >= 11 is 0. The largest absolute Gasteiger partial charge is 0.351 e. The van der Waals surface area contributed by atoms with E-state index in [0.29, 0.717) is 5.92 Å². The lowest BCUT2D eigenvalue weighted by atomic mass is 9.90. The van der Waals surface area contributed by atoms with Crippen molar-refractivity contribution in [3.63, 3.8) is 0 Å². The number of nitrogens with one attached hydrogen (secondary N) is 2. The minimum absolute atomic E-state index is 0.0255. The Hall–Kier alpha value is -0.610. The lowest BCUT2D eigenvalue weighted by molar-refractivity contribution is -0.124. The number of carbonyl (C=O) groups is 1. The molecule has 2 aliphatic heterocycles. The lowest BCUT2D eigenvalue weighted by Gasteiger charge is -2.32. The van der Waals surface area contributed by atoms with Crippen LogP contribution in [0.4, 0.5) is 0 Å². The molecule has 0 saturated carbocycles. The predicted molar refractivity (Wildman–Crippen MR) is 82.7 cm³/mol. The number of nitrogens with zero attached hydrogens (tertiary/aromatic N) is 1. The van der Waals surface area contributed by atoms with E-state index in [9.17, 15) is 4.79 Å². The van der Waals surface area contributed by atoms with E-state index in [4.69, 9.17) is 0 Å². The van der Waals surface area contributed by atoms with E-state index in [0.717, 1.165) is 19.5 Å². The van der Waals surface area contributed by atoms with Crippen LogP contribution in [0.1, 0.15) is 52.4 Å². The molecule has 0 bridgehead atoms. The van der Waals surface area contributed by atoms with E-state index < -0.39 is 0 Å². The molecule has 3 unspecified atom stereocenters. The summed E-state index contributed by atoms with van der Waals surface area (Å²) in [4.78, 5) is 14.8. The molecule has 2 saturated heterocycles. The molecule has 2 N–H and O–H groups in total. The third-order valence-electron chi connectivity index (χ3n) is 4.78. The summed E-state index contributed by atoms with van der Waals surface area (Å²) in [7, 11) is 0. The summed E-state index contributed by atoms with van der Waals surface area (Å²) in [5.74, 6) is 0.914. The molecule has 0 spiro atoms. The number of hydrogen-bond acceptors (Lipinski definition) is 3. The maximum Gasteiger partial charge on any atom is 0.237 e. The van der Waals surface area contributed by atoms with Gasteiger partial charge in [-0.2, -0.15) is 0 Å². The van der Waals surface area contributed by atoms with Gasteiger partial charge in [0.15, 0.2) is 0 Å². The molecular weight excluding hydrogens is 250 g/mol. The highest BCUT2D eigenvalue weighted by Gasteiger charge is 2.26. The molecule has 0 aliphatic carbocycles. The average molecular weight is 281 g/mol. The fourth-order valence-electron chi connectivity index (χ4n) is 3.49. The molecule has 0 aromatic rings. The normalized spacial score (nSPS) is 29.9. The van der Waals surface area contributed by atoms with Gasteiger partial charge in [0.05, 0.1) is 6.04 Å². The Balaban J connectivity index is 1.72. The van der Waals surface area contributed by atoms with E-state index in [1.54, 1.807) is 0 Å². The molecule has 2 heterocycles. The SMILES string of the molecule is CCC1CCNC(C(=O)NC(C)CN2CCCCC2)C1. The quantitative estimate of drug-likeness (QED) is 0.807. The number of carbonyl (C=O) groups excluding carboxylic acids is 1. The van der Waals surface area contributed by atoms with E-state index in [2.05, 4.69) is 29.4 Å². The average Bonchev–Trinajstić information content (AvgIpc) is 2.48. The zero-order valence-electron chi connectivity index (χ0n) is 13.2. The predicted octanol–water partition coefficient (Wildman–Crippen LogP) is 1.76. The van der Waals surface area contributed by atoms with E-state index in [-0.39, 0.29) is 18.0 Å². The smallest absolute Gasteiger partial charge is 0.237 e. The van der Waals surface area contributed by atoms with Crippen molar-refractivity contribution >= 4 is 5.91 Å². The lowest BCUT2D eigenvalue weighted by Crippen LogP contribution is -2.52. The van der Waals surface area contributed by atoms with Crippen LogP contribution in [0.25, 0.3) is 0 Å². The zero-order valence-corrected chi connectivity index (χ0v) is 13.2. The van der Waals surface area contributed by atoms with Crippen LogP contribution in [0.2, 0.25) is 0 Å². The van der Waals surface area contributed by atoms with Crippen molar-refractivity contribution in [1.29, 1.82) is 0 Å². The van der Waals surface area contributed by atoms with Gasteiger partial charge in [0.1, 0.15) is 0 Å². The standard InChI is InChI=1S/C16H31N3O/c1-3-14-7-8-17-15(11-14)16(20)18-13(2)12-19-9-5-4-6-10-19/h13-15,17H,3-12H2,1-2H3,(H,18,20). The van der Waals surface area contributed by atoms with Crippen molar-refractivity contribution in [1.82, 2.24) is 15.5 Å². The molecule has 0 radical (unpaired) electrons. The number of rotatable bonds is 5. The fourth-order valence-corrected chi connectivity index (χ4v) is 3.49. The van der Waals surface area contributed by atoms with Crippen LogP contribution in [-0.4, -0.2) is 49.1 Å². The van der Waals surface area contributed by atoms with Gasteiger partial charge >= 0.3 is 0 Å². The van der Waals surface area contributed by atoms with E-state index in [1.807, 2.05) is 0 Å². The number of likely N-dealkylation sites (tertiary alicyclic amines) is 1. The second-order valence-corrected chi connectivity index (χ2v) is 6.58. The Kier molecular flexibility index (Phi) is 6.30. The van der Waals surface area contributed by atoms with Gasteiger partial charge in [-0.1, -0.05) is 19.8 Å². The highest BCUT2D eigenvalue weighted by Crippen LogP contribution is 2.19. The Morgan fingerprint density at radius 2 is 2.10 bits per heavy atom. The van der Waals surface area contributed by atoms with Gasteiger partial charge in [-0.15, -0.1) is 0 Å². The topological polar surface area (TPSA) is 44.4 Å². The molecular formula is C16H31N3O. The Morgan fingerprint density at radius 1 is 1.35 bits per heavy atom. The molecule has 20 heavy (non-hydrogen) atoms. The summed E-state index contributed by atoms with van der Waals surface area (Å²) in [6, 6.07) is 0.280. The van der Waals surface area contributed by atoms with Crippen LogP contribution in [0.15, 0.2) is 0 Å². The molecule has 2 rings (SSSR count). The first kappa shape index (κ1) is 15.8. The van der Waals surface area contributed by atoms with Crippen molar-refractivity contribution in [3.8, 4) is 0 Å². The first-order valence-electron chi connectivity index (χ1n) is 8.45. The Morgan fingerprint density at radius 3 is 2.80 bits per heavy atom. The highest BCUT2D eigenvalue weighted by atomic mass is 16.2. The molecule has 2 fully saturated rings. The van der Waals surface area contributed by atoms with E-state index >= 15 is 0 Å². The van der Waals surface area contributed by atoms with Crippen LogP contribution >= 0.6 is 0 Å². The summed E-state index contributed by atoms with van der Waals surface area (Å²) in [6.45, 7) is 8.73.